The molecule has 0 saturated heterocycles. The predicted molar refractivity (Wildman–Crippen MR) is 63.5 cm³/mol. The second kappa shape index (κ2) is 5.26. The fourth-order valence-electron chi connectivity index (χ4n) is 1.61. The molecule has 0 aliphatic heterocycles. The summed E-state index contributed by atoms with van der Waals surface area (Å²) in [6.45, 7) is 1.95. The molecule has 15 heavy (non-hydrogen) atoms. The zero-order valence-electron chi connectivity index (χ0n) is 9.39. The fourth-order valence-corrected chi connectivity index (χ4v) is 2.02. The van der Waals surface area contributed by atoms with Crippen molar-refractivity contribution >= 4 is 15.9 Å². The number of ether oxygens (including phenoxy) is 3. The van der Waals surface area contributed by atoms with Gasteiger partial charge in [0.05, 0.1) is 21.3 Å². The first-order valence-electron chi connectivity index (χ1n) is 4.54. The maximum atomic E-state index is 5.34. The Kier molecular flexibility index (Phi) is 4.27. The van der Waals surface area contributed by atoms with Gasteiger partial charge < -0.3 is 14.2 Å². The van der Waals surface area contributed by atoms with Crippen LogP contribution < -0.4 is 14.2 Å². The van der Waals surface area contributed by atoms with Gasteiger partial charge in [-0.15, -0.1) is 0 Å². The Bertz CT molecular complexity index is 320. The first kappa shape index (κ1) is 12.2. The molecule has 0 spiro atoms. The Hall–Kier alpha value is -0.900. The summed E-state index contributed by atoms with van der Waals surface area (Å²) in [6, 6.07) is 1.92. The minimum absolute atomic E-state index is 0.720. The third-order valence-corrected chi connectivity index (χ3v) is 2.88. The molecule has 3 nitrogen and oxygen atoms in total. The van der Waals surface area contributed by atoms with Crippen molar-refractivity contribution in [2.24, 2.45) is 0 Å². The van der Waals surface area contributed by atoms with Gasteiger partial charge in [0.1, 0.15) is 5.75 Å². The van der Waals surface area contributed by atoms with Gasteiger partial charge >= 0.3 is 0 Å². The topological polar surface area (TPSA) is 27.7 Å². The number of rotatable bonds is 4. The van der Waals surface area contributed by atoms with Crippen molar-refractivity contribution in [3.8, 4) is 17.2 Å². The summed E-state index contributed by atoms with van der Waals surface area (Å²) in [5.41, 5.74) is 2.00. The molecule has 84 valence electrons. The van der Waals surface area contributed by atoms with E-state index in [0.29, 0.717) is 0 Å². The Balaban J connectivity index is 3.41. The van der Waals surface area contributed by atoms with E-state index >= 15 is 0 Å². The van der Waals surface area contributed by atoms with Crippen LogP contribution in [0.2, 0.25) is 0 Å². The average molecular weight is 275 g/mol. The fraction of sp³-hybridized carbons (Fsp3) is 0.455. The van der Waals surface area contributed by atoms with Crippen LogP contribution in [0.3, 0.4) is 0 Å². The van der Waals surface area contributed by atoms with Crippen molar-refractivity contribution in [3.05, 3.63) is 17.2 Å². The molecule has 0 unspecified atom stereocenters. The lowest BCUT2D eigenvalue weighted by Crippen LogP contribution is -1.99. The van der Waals surface area contributed by atoms with Crippen molar-refractivity contribution in [1.29, 1.82) is 0 Å². The highest BCUT2D eigenvalue weighted by Gasteiger charge is 2.16. The Morgan fingerprint density at radius 2 is 1.67 bits per heavy atom. The second-order valence-electron chi connectivity index (χ2n) is 3.06. The van der Waals surface area contributed by atoms with Crippen LogP contribution in [-0.4, -0.2) is 21.3 Å². The Morgan fingerprint density at radius 3 is 2.07 bits per heavy atom. The lowest BCUT2D eigenvalue weighted by Gasteiger charge is -2.16. The summed E-state index contributed by atoms with van der Waals surface area (Å²) in [7, 11) is 4.90. The molecule has 0 atom stereocenters. The highest BCUT2D eigenvalue weighted by molar-refractivity contribution is 9.08. The third kappa shape index (κ3) is 2.20. The summed E-state index contributed by atoms with van der Waals surface area (Å²) in [5.74, 6) is 2.29. The molecule has 0 aliphatic rings. The molecule has 0 aliphatic carbocycles. The van der Waals surface area contributed by atoms with E-state index < -0.39 is 0 Å². The number of hydrogen-bond acceptors (Lipinski definition) is 3. The van der Waals surface area contributed by atoms with Crippen LogP contribution in [0.1, 0.15) is 11.1 Å². The minimum Gasteiger partial charge on any atom is -0.496 e. The largest absolute Gasteiger partial charge is 0.496 e. The monoisotopic (exact) mass is 274 g/mol. The zero-order valence-corrected chi connectivity index (χ0v) is 11.0. The lowest BCUT2D eigenvalue weighted by atomic mass is 10.1. The summed E-state index contributed by atoms with van der Waals surface area (Å²) >= 11 is 3.42. The third-order valence-electron chi connectivity index (χ3n) is 2.27. The molecule has 1 aromatic carbocycles. The Morgan fingerprint density at radius 1 is 1.07 bits per heavy atom. The van der Waals surface area contributed by atoms with Crippen LogP contribution in [0.25, 0.3) is 0 Å². The molecule has 0 radical (unpaired) electrons. The molecule has 0 N–H and O–H groups in total. The van der Waals surface area contributed by atoms with E-state index in [9.17, 15) is 0 Å². The average Bonchev–Trinajstić information content (AvgIpc) is 2.27. The number of methoxy groups -OCH3 is 3. The molecule has 0 fully saturated rings. The number of benzene rings is 1. The molecule has 0 heterocycles. The normalized spacial score (nSPS) is 9.93. The molecule has 1 aromatic rings. The number of alkyl halides is 1. The van der Waals surface area contributed by atoms with E-state index in [4.69, 9.17) is 14.2 Å². The first-order valence-corrected chi connectivity index (χ1v) is 5.66. The summed E-state index contributed by atoms with van der Waals surface area (Å²) in [4.78, 5) is 0. The smallest absolute Gasteiger partial charge is 0.167 e. The van der Waals surface area contributed by atoms with E-state index in [2.05, 4.69) is 15.9 Å². The van der Waals surface area contributed by atoms with Gasteiger partial charge in [-0.2, -0.15) is 0 Å². The van der Waals surface area contributed by atoms with Gasteiger partial charge in [-0.3, -0.25) is 0 Å². The summed E-state index contributed by atoms with van der Waals surface area (Å²) < 4.78 is 15.9. The highest BCUT2D eigenvalue weighted by Crippen LogP contribution is 2.40. The highest BCUT2D eigenvalue weighted by atomic mass is 79.9. The molecule has 1 rings (SSSR count). The number of hydrogen-bond donors (Lipinski definition) is 0. The van der Waals surface area contributed by atoms with Gasteiger partial charge in [0, 0.05) is 16.5 Å². The van der Waals surface area contributed by atoms with Crippen molar-refractivity contribution in [1.82, 2.24) is 0 Å². The summed E-state index contributed by atoms with van der Waals surface area (Å²) in [5, 5.41) is 0.720. The molecule has 4 heteroatoms. The molecule has 0 bridgehead atoms. The lowest BCUT2D eigenvalue weighted by molar-refractivity contribution is 0.344. The molecular formula is C11H15BrO3. The van der Waals surface area contributed by atoms with Crippen LogP contribution in [-0.2, 0) is 5.33 Å². The van der Waals surface area contributed by atoms with Crippen molar-refractivity contribution < 1.29 is 14.2 Å². The van der Waals surface area contributed by atoms with Crippen molar-refractivity contribution in [3.63, 3.8) is 0 Å². The van der Waals surface area contributed by atoms with E-state index in [0.717, 1.165) is 33.7 Å². The van der Waals surface area contributed by atoms with Crippen LogP contribution in [0, 0.1) is 6.92 Å². The maximum absolute atomic E-state index is 5.34. The van der Waals surface area contributed by atoms with Gasteiger partial charge in [0.2, 0.25) is 0 Å². The second-order valence-corrected chi connectivity index (χ2v) is 3.62. The zero-order chi connectivity index (χ0) is 11.4. The van der Waals surface area contributed by atoms with Crippen LogP contribution in [0.4, 0.5) is 0 Å². The van der Waals surface area contributed by atoms with Crippen molar-refractivity contribution in [2.45, 2.75) is 12.3 Å². The van der Waals surface area contributed by atoms with Gasteiger partial charge in [-0.1, -0.05) is 15.9 Å². The van der Waals surface area contributed by atoms with E-state index in [-0.39, 0.29) is 0 Å². The standard InChI is InChI=1S/C11H15BrO3/c1-7-10(14-3)8(6-12)5-9(13-2)11(7)15-4/h5H,6H2,1-4H3. The molecule has 0 aromatic heterocycles. The predicted octanol–water partition coefficient (Wildman–Crippen LogP) is 2.92. The molecule has 0 amide bonds. The minimum atomic E-state index is 0.720. The van der Waals surface area contributed by atoms with E-state index in [1.54, 1.807) is 21.3 Å². The number of halogens is 1. The maximum Gasteiger partial charge on any atom is 0.167 e. The SMILES string of the molecule is COc1cc(CBr)c(OC)c(C)c1OC. The van der Waals surface area contributed by atoms with Crippen LogP contribution >= 0.6 is 15.9 Å². The summed E-state index contributed by atoms with van der Waals surface area (Å²) in [6.07, 6.45) is 0. The van der Waals surface area contributed by atoms with Gasteiger partial charge in [-0.05, 0) is 13.0 Å². The molecular weight excluding hydrogens is 260 g/mol. The van der Waals surface area contributed by atoms with Crippen LogP contribution in [0.5, 0.6) is 17.2 Å². The van der Waals surface area contributed by atoms with Gasteiger partial charge in [0.15, 0.2) is 11.5 Å². The van der Waals surface area contributed by atoms with Gasteiger partial charge in [0.25, 0.3) is 0 Å². The van der Waals surface area contributed by atoms with Crippen molar-refractivity contribution in [2.75, 3.05) is 21.3 Å². The van der Waals surface area contributed by atoms with E-state index in [1.807, 2.05) is 13.0 Å². The quantitative estimate of drug-likeness (QED) is 0.791. The van der Waals surface area contributed by atoms with E-state index in [1.165, 1.54) is 0 Å². The Labute approximate surface area is 98.5 Å². The van der Waals surface area contributed by atoms with Gasteiger partial charge in [-0.25, -0.2) is 0 Å². The van der Waals surface area contributed by atoms with Crippen LogP contribution in [0.15, 0.2) is 6.07 Å². The molecule has 0 saturated carbocycles. The first-order chi connectivity index (χ1) is 7.19.